The molecule has 26 heavy (non-hydrogen) atoms. The Kier molecular flexibility index (Phi) is 4.24. The quantitative estimate of drug-likeness (QED) is 0.922. The van der Waals surface area contributed by atoms with Gasteiger partial charge in [0.1, 0.15) is 13.2 Å². The normalized spacial score (nSPS) is 18.7. The number of benzene rings is 2. The first-order valence-electron chi connectivity index (χ1n) is 8.68. The number of carbonyl (C=O) groups excluding carboxylic acids is 2. The van der Waals surface area contributed by atoms with Crippen molar-refractivity contribution in [3.63, 3.8) is 0 Å². The van der Waals surface area contributed by atoms with Crippen molar-refractivity contribution in [2.45, 2.75) is 13.3 Å². The summed E-state index contributed by atoms with van der Waals surface area (Å²) in [6.45, 7) is 3.39. The molecule has 1 atom stereocenters. The van der Waals surface area contributed by atoms with Crippen LogP contribution in [0.5, 0.6) is 11.5 Å². The van der Waals surface area contributed by atoms with Crippen LogP contribution in [-0.2, 0) is 9.59 Å². The minimum Gasteiger partial charge on any atom is -0.486 e. The van der Waals surface area contributed by atoms with Gasteiger partial charge in [0.15, 0.2) is 11.5 Å². The molecule has 134 valence electrons. The standard InChI is InChI=1S/C20H20N2O4/c1-13-3-2-4-16(9-13)22-12-14(10-19(22)23)20(24)21-15-5-6-17-18(11-15)26-8-7-25-17/h2-6,9,11,14H,7-8,10,12H2,1H3,(H,21,24). The number of hydrogen-bond donors (Lipinski definition) is 1. The number of aryl methyl sites for hydroxylation is 1. The lowest BCUT2D eigenvalue weighted by molar-refractivity contribution is -0.122. The maximum atomic E-state index is 12.6. The molecule has 2 aromatic rings. The molecule has 1 fully saturated rings. The van der Waals surface area contributed by atoms with Crippen LogP contribution in [0, 0.1) is 12.8 Å². The molecule has 4 rings (SSSR count). The molecule has 2 aromatic carbocycles. The molecule has 0 aromatic heterocycles. The van der Waals surface area contributed by atoms with E-state index in [1.165, 1.54) is 0 Å². The molecule has 0 spiro atoms. The van der Waals surface area contributed by atoms with Crippen LogP contribution in [0.2, 0.25) is 0 Å². The maximum absolute atomic E-state index is 12.6. The van der Waals surface area contributed by atoms with Gasteiger partial charge in [-0.25, -0.2) is 0 Å². The fourth-order valence-electron chi connectivity index (χ4n) is 3.29. The van der Waals surface area contributed by atoms with E-state index in [2.05, 4.69) is 5.32 Å². The first-order chi connectivity index (χ1) is 12.6. The van der Waals surface area contributed by atoms with Gasteiger partial charge in [0, 0.05) is 30.4 Å². The van der Waals surface area contributed by atoms with Gasteiger partial charge in [-0.05, 0) is 36.8 Å². The highest BCUT2D eigenvalue weighted by Gasteiger charge is 2.35. The second-order valence-electron chi connectivity index (χ2n) is 6.59. The number of hydrogen-bond acceptors (Lipinski definition) is 4. The number of nitrogens with zero attached hydrogens (tertiary/aromatic N) is 1. The van der Waals surface area contributed by atoms with Crippen LogP contribution < -0.4 is 19.7 Å². The van der Waals surface area contributed by atoms with E-state index >= 15 is 0 Å². The third-order valence-electron chi connectivity index (χ3n) is 4.62. The van der Waals surface area contributed by atoms with E-state index in [1.54, 1.807) is 23.1 Å². The van der Waals surface area contributed by atoms with E-state index in [1.807, 2.05) is 31.2 Å². The van der Waals surface area contributed by atoms with Crippen LogP contribution in [0.1, 0.15) is 12.0 Å². The molecule has 1 saturated heterocycles. The highest BCUT2D eigenvalue weighted by Crippen LogP contribution is 2.33. The highest BCUT2D eigenvalue weighted by atomic mass is 16.6. The SMILES string of the molecule is Cc1cccc(N2CC(C(=O)Nc3ccc4c(c3)OCCO4)CC2=O)c1. The number of amides is 2. The number of fused-ring (bicyclic) bond motifs is 1. The van der Waals surface area contributed by atoms with E-state index in [0.29, 0.717) is 36.9 Å². The number of nitrogens with one attached hydrogen (secondary N) is 1. The zero-order chi connectivity index (χ0) is 18.1. The number of rotatable bonds is 3. The van der Waals surface area contributed by atoms with E-state index in [-0.39, 0.29) is 24.2 Å². The molecule has 1 N–H and O–H groups in total. The average Bonchev–Trinajstić information content (AvgIpc) is 3.03. The predicted octanol–water partition coefficient (Wildman–Crippen LogP) is 2.76. The van der Waals surface area contributed by atoms with Crippen molar-refractivity contribution in [2.75, 3.05) is 30.0 Å². The van der Waals surface area contributed by atoms with E-state index < -0.39 is 0 Å². The predicted molar refractivity (Wildman–Crippen MR) is 97.7 cm³/mol. The van der Waals surface area contributed by atoms with Crippen LogP contribution in [0.15, 0.2) is 42.5 Å². The molecule has 1 unspecified atom stereocenters. The van der Waals surface area contributed by atoms with Crippen LogP contribution in [-0.4, -0.2) is 31.6 Å². The summed E-state index contributed by atoms with van der Waals surface area (Å²) in [5.74, 6) is 0.730. The Morgan fingerprint density at radius 2 is 1.92 bits per heavy atom. The summed E-state index contributed by atoms with van der Waals surface area (Å²) < 4.78 is 11.0. The van der Waals surface area contributed by atoms with Gasteiger partial charge in [-0.2, -0.15) is 0 Å². The van der Waals surface area contributed by atoms with Gasteiger partial charge in [0.25, 0.3) is 0 Å². The molecule has 2 aliphatic rings. The Labute approximate surface area is 151 Å². The molecule has 0 saturated carbocycles. The van der Waals surface area contributed by atoms with Gasteiger partial charge in [-0.3, -0.25) is 9.59 Å². The third kappa shape index (κ3) is 3.22. The lowest BCUT2D eigenvalue weighted by Crippen LogP contribution is -2.28. The summed E-state index contributed by atoms with van der Waals surface area (Å²) in [6.07, 6.45) is 0.213. The van der Waals surface area contributed by atoms with Crippen LogP contribution >= 0.6 is 0 Å². The molecule has 0 bridgehead atoms. The first kappa shape index (κ1) is 16.4. The number of ether oxygens (including phenoxy) is 2. The molecule has 6 heteroatoms. The summed E-state index contributed by atoms with van der Waals surface area (Å²) in [5, 5.41) is 2.88. The average molecular weight is 352 g/mol. The molecular formula is C20H20N2O4. The molecule has 0 radical (unpaired) electrons. The molecule has 2 aliphatic heterocycles. The van der Waals surface area contributed by atoms with Crippen LogP contribution in [0.25, 0.3) is 0 Å². The maximum Gasteiger partial charge on any atom is 0.229 e. The van der Waals surface area contributed by atoms with Gasteiger partial charge in [-0.1, -0.05) is 12.1 Å². The van der Waals surface area contributed by atoms with Gasteiger partial charge < -0.3 is 19.7 Å². The summed E-state index contributed by atoms with van der Waals surface area (Å²) >= 11 is 0. The highest BCUT2D eigenvalue weighted by molar-refractivity contribution is 6.03. The summed E-state index contributed by atoms with van der Waals surface area (Å²) in [6, 6.07) is 13.1. The van der Waals surface area contributed by atoms with Crippen molar-refractivity contribution < 1.29 is 19.1 Å². The monoisotopic (exact) mass is 352 g/mol. The smallest absolute Gasteiger partial charge is 0.229 e. The lowest BCUT2D eigenvalue weighted by Gasteiger charge is -2.19. The van der Waals surface area contributed by atoms with E-state index in [4.69, 9.17) is 9.47 Å². The second kappa shape index (κ2) is 6.71. The molecule has 2 heterocycles. The van der Waals surface area contributed by atoms with Gasteiger partial charge in [0.05, 0.1) is 5.92 Å². The van der Waals surface area contributed by atoms with Crippen molar-refractivity contribution in [2.24, 2.45) is 5.92 Å². The number of carbonyl (C=O) groups is 2. The molecular weight excluding hydrogens is 332 g/mol. The van der Waals surface area contributed by atoms with Gasteiger partial charge >= 0.3 is 0 Å². The van der Waals surface area contributed by atoms with Crippen LogP contribution in [0.4, 0.5) is 11.4 Å². The van der Waals surface area contributed by atoms with E-state index in [9.17, 15) is 9.59 Å². The van der Waals surface area contributed by atoms with Crippen molar-refractivity contribution in [3.05, 3.63) is 48.0 Å². The van der Waals surface area contributed by atoms with Gasteiger partial charge in [-0.15, -0.1) is 0 Å². The Bertz CT molecular complexity index is 865. The largest absolute Gasteiger partial charge is 0.486 e. The zero-order valence-corrected chi connectivity index (χ0v) is 14.5. The molecule has 2 amide bonds. The first-order valence-corrected chi connectivity index (χ1v) is 8.68. The molecule has 0 aliphatic carbocycles. The molecule has 6 nitrogen and oxygen atoms in total. The Morgan fingerprint density at radius 3 is 2.73 bits per heavy atom. The minimum absolute atomic E-state index is 0.0297. The zero-order valence-electron chi connectivity index (χ0n) is 14.5. The fraction of sp³-hybridized carbons (Fsp3) is 0.300. The van der Waals surface area contributed by atoms with Gasteiger partial charge in [0.2, 0.25) is 11.8 Å². The summed E-state index contributed by atoms with van der Waals surface area (Å²) in [4.78, 5) is 26.6. The van der Waals surface area contributed by atoms with Crippen molar-refractivity contribution in [1.29, 1.82) is 0 Å². The van der Waals surface area contributed by atoms with Crippen molar-refractivity contribution >= 4 is 23.2 Å². The Balaban J connectivity index is 1.45. The lowest BCUT2D eigenvalue weighted by atomic mass is 10.1. The minimum atomic E-state index is -0.379. The van der Waals surface area contributed by atoms with Crippen molar-refractivity contribution in [1.82, 2.24) is 0 Å². The number of anilines is 2. The van der Waals surface area contributed by atoms with Crippen LogP contribution in [0.3, 0.4) is 0 Å². The second-order valence-corrected chi connectivity index (χ2v) is 6.59. The third-order valence-corrected chi connectivity index (χ3v) is 4.62. The Hall–Kier alpha value is -3.02. The Morgan fingerprint density at radius 1 is 1.12 bits per heavy atom. The summed E-state index contributed by atoms with van der Waals surface area (Å²) in [5.41, 5.74) is 2.56. The topological polar surface area (TPSA) is 67.9 Å². The van der Waals surface area contributed by atoms with E-state index in [0.717, 1.165) is 11.3 Å². The fourth-order valence-corrected chi connectivity index (χ4v) is 3.29. The summed E-state index contributed by atoms with van der Waals surface area (Å²) in [7, 11) is 0. The van der Waals surface area contributed by atoms with Crippen molar-refractivity contribution in [3.8, 4) is 11.5 Å².